The predicted octanol–water partition coefficient (Wildman–Crippen LogP) is 6.81. The monoisotopic (exact) mass is 420 g/mol. The van der Waals surface area contributed by atoms with Crippen molar-refractivity contribution in [2.45, 2.75) is 110 Å². The summed E-state index contributed by atoms with van der Waals surface area (Å²) in [4.78, 5) is 10.3. The molecule has 0 heterocycles. The molecule has 0 aliphatic carbocycles. The molecule has 0 aliphatic heterocycles. The van der Waals surface area contributed by atoms with Crippen molar-refractivity contribution < 1.29 is 15.0 Å². The number of unbranched alkanes of at least 4 members (excludes halogenated alkanes) is 14. The molecule has 0 saturated heterocycles. The van der Waals surface area contributed by atoms with Crippen molar-refractivity contribution in [1.29, 1.82) is 0 Å². The van der Waals surface area contributed by atoms with Crippen LogP contribution in [0, 0.1) is 0 Å². The quantitative estimate of drug-likeness (QED) is 0.228. The van der Waals surface area contributed by atoms with Crippen molar-refractivity contribution in [3.63, 3.8) is 0 Å². The molecule has 0 aliphatic rings. The van der Waals surface area contributed by atoms with Gasteiger partial charge in [0, 0.05) is 6.42 Å². The van der Waals surface area contributed by atoms with Gasteiger partial charge in [0.25, 0.3) is 0 Å². The Morgan fingerprint density at radius 1 is 0.679 bits per heavy atom. The van der Waals surface area contributed by atoms with Gasteiger partial charge in [-0.2, -0.15) is 0 Å². The van der Waals surface area contributed by atoms with E-state index >= 15 is 0 Å². The number of hydrogen-bond acceptors (Lipinski definition) is 2. The minimum absolute atomic E-state index is 0. The van der Waals surface area contributed by atoms with Crippen LogP contribution in [0.15, 0.2) is 30.3 Å². The summed E-state index contributed by atoms with van der Waals surface area (Å²) in [6, 6.07) is 8.71. The van der Waals surface area contributed by atoms with E-state index in [0.717, 1.165) is 12.8 Å². The van der Waals surface area contributed by atoms with Crippen LogP contribution in [0.2, 0.25) is 0 Å². The van der Waals surface area contributed by atoms with E-state index in [1.807, 2.05) is 6.07 Å². The number of aromatic hydroxyl groups is 1. The van der Waals surface area contributed by atoms with Crippen LogP contribution in [-0.2, 0) is 4.79 Å². The van der Waals surface area contributed by atoms with Crippen molar-refractivity contribution in [3.05, 3.63) is 30.3 Å². The molecule has 0 spiro atoms. The Kier molecular flexibility index (Phi) is 26.5. The fourth-order valence-electron chi connectivity index (χ4n) is 3.08. The molecule has 28 heavy (non-hydrogen) atoms. The molecule has 0 fully saturated rings. The standard InChI is InChI=1S/C18H36O2.C6H6O.Ca.2H/c1-2-3-4-5-6-7-8-9-10-11-12-13-14-15-16-17-18(19)20;7-6-4-2-1-3-5-6;;;/h2-17H2,1H3,(H,19,20);1-5,7H;;;. The van der Waals surface area contributed by atoms with E-state index in [4.69, 9.17) is 10.2 Å². The first kappa shape index (κ1) is 29.9. The van der Waals surface area contributed by atoms with E-state index in [9.17, 15) is 4.79 Å². The Morgan fingerprint density at radius 3 is 1.32 bits per heavy atom. The van der Waals surface area contributed by atoms with Gasteiger partial charge in [-0.3, -0.25) is 4.79 Å². The summed E-state index contributed by atoms with van der Waals surface area (Å²) in [7, 11) is 0. The van der Waals surface area contributed by atoms with Crippen molar-refractivity contribution in [2.24, 2.45) is 0 Å². The molecule has 2 N–H and O–H groups in total. The minimum atomic E-state index is -0.653. The number of carboxylic acid groups (broad SMARTS) is 1. The number of phenolic OH excluding ortho intramolecular Hbond substituents is 1. The molecule has 160 valence electrons. The van der Waals surface area contributed by atoms with E-state index < -0.39 is 5.97 Å². The Bertz CT molecular complexity index is 423. The average Bonchev–Trinajstić information content (AvgIpc) is 2.66. The third-order valence-electron chi connectivity index (χ3n) is 4.75. The zero-order valence-electron chi connectivity index (χ0n) is 17.5. The first-order valence-corrected chi connectivity index (χ1v) is 11.1. The van der Waals surface area contributed by atoms with Gasteiger partial charge in [0.15, 0.2) is 0 Å². The Hall–Kier alpha value is -0.250. The van der Waals surface area contributed by atoms with Gasteiger partial charge in [0.05, 0.1) is 0 Å². The van der Waals surface area contributed by atoms with Crippen molar-refractivity contribution in [3.8, 4) is 5.75 Å². The maximum absolute atomic E-state index is 10.3. The van der Waals surface area contributed by atoms with Gasteiger partial charge >= 0.3 is 43.7 Å². The molecule has 0 saturated carbocycles. The summed E-state index contributed by atoms with van der Waals surface area (Å²) in [5.41, 5.74) is 0. The molecular formula is C24H44CaO3. The van der Waals surface area contributed by atoms with Crippen molar-refractivity contribution in [1.82, 2.24) is 0 Å². The predicted molar refractivity (Wildman–Crippen MR) is 124 cm³/mol. The molecule has 0 radical (unpaired) electrons. The van der Waals surface area contributed by atoms with Crippen molar-refractivity contribution >= 4 is 43.7 Å². The van der Waals surface area contributed by atoms with Crippen LogP contribution in [0.1, 0.15) is 110 Å². The number of carboxylic acids is 1. The summed E-state index contributed by atoms with van der Waals surface area (Å²) < 4.78 is 0. The molecule has 0 amide bonds. The number of aliphatic carboxylic acids is 1. The number of rotatable bonds is 16. The van der Waals surface area contributed by atoms with Gasteiger partial charge in [-0.25, -0.2) is 0 Å². The Labute approximate surface area is 203 Å². The van der Waals surface area contributed by atoms with Gasteiger partial charge in [-0.05, 0) is 18.6 Å². The SMILES string of the molecule is CCCCCCCCCCCCCCCCCC(=O)O.Oc1ccccc1.[CaH2]. The van der Waals surface area contributed by atoms with Crippen LogP contribution in [0.4, 0.5) is 0 Å². The van der Waals surface area contributed by atoms with E-state index in [1.54, 1.807) is 24.3 Å². The molecule has 0 unspecified atom stereocenters. The first-order chi connectivity index (χ1) is 13.2. The molecule has 0 aromatic heterocycles. The fourth-order valence-corrected chi connectivity index (χ4v) is 3.08. The number of phenols is 1. The second-order valence-electron chi connectivity index (χ2n) is 7.43. The summed E-state index contributed by atoms with van der Waals surface area (Å²) in [6.07, 6.45) is 20.2. The van der Waals surface area contributed by atoms with E-state index in [1.165, 1.54) is 83.5 Å². The van der Waals surface area contributed by atoms with Gasteiger partial charge in [0.2, 0.25) is 0 Å². The number of carbonyl (C=O) groups is 1. The zero-order valence-corrected chi connectivity index (χ0v) is 17.5. The molecular weight excluding hydrogens is 376 g/mol. The third-order valence-corrected chi connectivity index (χ3v) is 4.75. The average molecular weight is 421 g/mol. The van der Waals surface area contributed by atoms with Crippen molar-refractivity contribution in [2.75, 3.05) is 0 Å². The zero-order chi connectivity index (χ0) is 20.0. The topological polar surface area (TPSA) is 57.5 Å². The molecule has 0 bridgehead atoms. The fraction of sp³-hybridized carbons (Fsp3) is 0.708. The molecule has 1 rings (SSSR count). The van der Waals surface area contributed by atoms with Gasteiger partial charge in [-0.15, -0.1) is 0 Å². The van der Waals surface area contributed by atoms with Crippen LogP contribution in [0.5, 0.6) is 5.75 Å². The van der Waals surface area contributed by atoms with Crippen LogP contribution in [0.3, 0.4) is 0 Å². The second kappa shape index (κ2) is 24.8. The number of benzene rings is 1. The molecule has 0 atom stereocenters. The normalized spacial score (nSPS) is 9.89. The van der Waals surface area contributed by atoms with Gasteiger partial charge in [0.1, 0.15) is 5.75 Å². The van der Waals surface area contributed by atoms with Crippen LogP contribution in [0.25, 0.3) is 0 Å². The van der Waals surface area contributed by atoms with Gasteiger partial charge in [-0.1, -0.05) is 115 Å². The Morgan fingerprint density at radius 2 is 1.04 bits per heavy atom. The Balaban J connectivity index is 0. The van der Waals surface area contributed by atoms with Gasteiger partial charge < -0.3 is 10.2 Å². The molecule has 1 aromatic carbocycles. The molecule has 3 nitrogen and oxygen atoms in total. The molecule has 1 aromatic rings. The first-order valence-electron chi connectivity index (χ1n) is 11.1. The summed E-state index contributed by atoms with van der Waals surface area (Å²) >= 11 is 0. The summed E-state index contributed by atoms with van der Waals surface area (Å²) in [5, 5.41) is 17.1. The second-order valence-corrected chi connectivity index (χ2v) is 7.43. The number of para-hydroxylation sites is 1. The van der Waals surface area contributed by atoms with Crippen LogP contribution >= 0.6 is 0 Å². The third kappa shape index (κ3) is 25.7. The van der Waals surface area contributed by atoms with E-state index in [-0.39, 0.29) is 37.7 Å². The molecule has 4 heteroatoms. The van der Waals surface area contributed by atoms with Crippen LogP contribution < -0.4 is 0 Å². The summed E-state index contributed by atoms with van der Waals surface area (Å²) in [6.45, 7) is 2.27. The number of hydrogen-bond donors (Lipinski definition) is 2. The van der Waals surface area contributed by atoms with E-state index in [0.29, 0.717) is 12.2 Å². The van der Waals surface area contributed by atoms with E-state index in [2.05, 4.69) is 6.92 Å². The summed E-state index contributed by atoms with van der Waals surface area (Å²) in [5.74, 6) is -0.331. The maximum atomic E-state index is 10.3. The van der Waals surface area contributed by atoms with Crippen LogP contribution in [-0.4, -0.2) is 53.9 Å².